The second kappa shape index (κ2) is 10.5. The van der Waals surface area contributed by atoms with Crippen LogP contribution in [-0.2, 0) is 0 Å². The van der Waals surface area contributed by atoms with Gasteiger partial charge >= 0.3 is 5.97 Å². The molecule has 0 bridgehead atoms. The van der Waals surface area contributed by atoms with Crippen molar-refractivity contribution in [3.63, 3.8) is 0 Å². The van der Waals surface area contributed by atoms with E-state index in [1.165, 1.54) is 26.4 Å². The number of ether oxygens (including phenoxy) is 2. The molecule has 0 atom stereocenters. The highest BCUT2D eigenvalue weighted by Gasteiger charge is 2.09. The maximum absolute atomic E-state index is 11.2. The van der Waals surface area contributed by atoms with Crippen LogP contribution in [0.1, 0.15) is 32.7 Å². The van der Waals surface area contributed by atoms with Gasteiger partial charge in [-0.3, -0.25) is 0 Å². The van der Waals surface area contributed by atoms with Crippen LogP contribution in [0.2, 0.25) is 0 Å². The number of hydrogen-bond donors (Lipinski definition) is 3. The van der Waals surface area contributed by atoms with Crippen LogP contribution in [0.25, 0.3) is 30.0 Å². The zero-order valence-electron chi connectivity index (χ0n) is 19.6. The zero-order chi connectivity index (χ0) is 25.7. The van der Waals surface area contributed by atoms with E-state index < -0.39 is 5.97 Å². The molecule has 1 aromatic heterocycles. The summed E-state index contributed by atoms with van der Waals surface area (Å²) in [4.78, 5) is 11.2. The van der Waals surface area contributed by atoms with Gasteiger partial charge in [0, 0.05) is 11.8 Å². The molecule has 8 nitrogen and oxygen atoms in total. The molecule has 3 N–H and O–H groups in total. The maximum atomic E-state index is 11.2. The number of benzene rings is 3. The Balaban J connectivity index is 1.71. The molecule has 0 aliphatic heterocycles. The number of carbonyl (C=O) groups is 1. The van der Waals surface area contributed by atoms with E-state index >= 15 is 0 Å². The van der Waals surface area contributed by atoms with E-state index in [1.54, 1.807) is 53.2 Å². The number of nitrogens with zero attached hydrogens (tertiary/aromatic N) is 2. The summed E-state index contributed by atoms with van der Waals surface area (Å²) in [5, 5.41) is 33.5. The molecule has 0 amide bonds. The van der Waals surface area contributed by atoms with Gasteiger partial charge in [0.15, 0.2) is 23.0 Å². The van der Waals surface area contributed by atoms with Crippen LogP contribution in [0.3, 0.4) is 0 Å². The first-order valence-corrected chi connectivity index (χ1v) is 10.9. The predicted molar refractivity (Wildman–Crippen MR) is 138 cm³/mol. The topological polar surface area (TPSA) is 114 Å². The summed E-state index contributed by atoms with van der Waals surface area (Å²) in [6.45, 7) is 0. The van der Waals surface area contributed by atoms with Crippen molar-refractivity contribution in [3.05, 3.63) is 94.8 Å². The summed E-state index contributed by atoms with van der Waals surface area (Å²) in [5.74, 6) is -0.157. The quantitative estimate of drug-likeness (QED) is 0.309. The Morgan fingerprint density at radius 2 is 1.36 bits per heavy atom. The lowest BCUT2D eigenvalue weighted by atomic mass is 10.1. The van der Waals surface area contributed by atoms with Gasteiger partial charge in [0.25, 0.3) is 0 Å². The number of rotatable bonds is 8. The highest BCUT2D eigenvalue weighted by Crippen LogP contribution is 2.29. The molecule has 4 rings (SSSR count). The predicted octanol–water partition coefficient (Wildman–Crippen LogP) is 5.34. The molecule has 8 heteroatoms. The van der Waals surface area contributed by atoms with Crippen LogP contribution in [0.5, 0.6) is 23.0 Å². The van der Waals surface area contributed by atoms with Gasteiger partial charge in [-0.1, -0.05) is 30.4 Å². The Morgan fingerprint density at radius 3 is 1.89 bits per heavy atom. The van der Waals surface area contributed by atoms with E-state index in [4.69, 9.17) is 9.47 Å². The highest BCUT2D eigenvalue weighted by atomic mass is 16.5. The van der Waals surface area contributed by atoms with E-state index in [9.17, 15) is 20.1 Å². The number of hydrogen-bond acceptors (Lipinski definition) is 6. The minimum atomic E-state index is -0.997. The molecule has 0 aliphatic carbocycles. The lowest BCUT2D eigenvalue weighted by Crippen LogP contribution is -1.98. The molecule has 0 spiro atoms. The van der Waals surface area contributed by atoms with E-state index in [2.05, 4.69) is 5.10 Å². The van der Waals surface area contributed by atoms with E-state index in [0.717, 1.165) is 16.7 Å². The molecule has 4 aromatic rings. The second-order valence-corrected chi connectivity index (χ2v) is 7.80. The molecular formula is C28H24N2O6. The first-order chi connectivity index (χ1) is 17.4. The third kappa shape index (κ3) is 5.39. The van der Waals surface area contributed by atoms with Gasteiger partial charge in [0.05, 0.1) is 31.2 Å². The summed E-state index contributed by atoms with van der Waals surface area (Å²) in [6.07, 6.45) is 9.28. The Labute approximate surface area is 207 Å². The van der Waals surface area contributed by atoms with Crippen molar-refractivity contribution in [2.75, 3.05) is 14.2 Å². The molecule has 0 aliphatic rings. The number of carboxylic acids is 1. The van der Waals surface area contributed by atoms with Crippen molar-refractivity contribution in [3.8, 4) is 28.7 Å². The molecule has 36 heavy (non-hydrogen) atoms. The van der Waals surface area contributed by atoms with Gasteiger partial charge in [-0.25, -0.2) is 9.48 Å². The zero-order valence-corrected chi connectivity index (χ0v) is 19.6. The lowest BCUT2D eigenvalue weighted by Gasteiger charge is -2.03. The fourth-order valence-corrected chi connectivity index (χ4v) is 3.50. The summed E-state index contributed by atoms with van der Waals surface area (Å²) in [7, 11) is 2.98. The Bertz CT molecular complexity index is 1370. The number of phenolic OH excluding ortho intramolecular Hbond substituents is 2. The van der Waals surface area contributed by atoms with E-state index in [1.807, 2.05) is 30.5 Å². The maximum Gasteiger partial charge on any atom is 0.335 e. The number of aromatic carboxylic acids is 1. The monoisotopic (exact) mass is 484 g/mol. The molecule has 0 unspecified atom stereocenters. The minimum absolute atomic E-state index is 0.0525. The third-order valence-electron chi connectivity index (χ3n) is 5.45. The van der Waals surface area contributed by atoms with Gasteiger partial charge in [-0.2, -0.15) is 5.10 Å². The van der Waals surface area contributed by atoms with E-state index in [0.29, 0.717) is 22.9 Å². The second-order valence-electron chi connectivity index (χ2n) is 7.80. The SMILES string of the molecule is COc1cc(/C=C/c2cn(-c3ccc(C(=O)O)cc3)nc2/C=C/c2ccc(O)c(OC)c2)ccc1O. The molecular weight excluding hydrogens is 460 g/mol. The normalized spacial score (nSPS) is 11.3. The van der Waals surface area contributed by atoms with E-state index in [-0.39, 0.29) is 17.1 Å². The molecule has 182 valence electrons. The van der Waals surface area contributed by atoms with Crippen molar-refractivity contribution in [2.45, 2.75) is 0 Å². The van der Waals surface area contributed by atoms with Crippen molar-refractivity contribution in [2.24, 2.45) is 0 Å². The fourth-order valence-electron chi connectivity index (χ4n) is 3.50. The number of phenols is 2. The molecule has 0 fully saturated rings. The number of aromatic nitrogens is 2. The van der Waals surface area contributed by atoms with Crippen molar-refractivity contribution >= 4 is 30.3 Å². The van der Waals surface area contributed by atoms with Crippen LogP contribution in [0.4, 0.5) is 0 Å². The third-order valence-corrected chi connectivity index (χ3v) is 5.45. The number of methoxy groups -OCH3 is 2. The van der Waals surface area contributed by atoms with Gasteiger partial charge < -0.3 is 24.8 Å². The van der Waals surface area contributed by atoms with Crippen LogP contribution in [0.15, 0.2) is 66.9 Å². The standard InChI is InChI=1S/C28H24N2O6/c1-35-26-15-18(5-13-24(26)31)3-7-21-17-30(22-10-8-20(9-11-22)28(33)34)29-23(21)12-4-19-6-14-25(32)27(16-19)36-2/h3-17,31-32H,1-2H3,(H,33,34)/b7-3+,12-4+. The Hall–Kier alpha value is -4.98. The Morgan fingerprint density at radius 1 is 0.806 bits per heavy atom. The summed E-state index contributed by atoms with van der Waals surface area (Å²) < 4.78 is 12.0. The average molecular weight is 485 g/mol. The van der Waals surface area contributed by atoms with Gasteiger partial charge in [-0.05, 0) is 65.7 Å². The largest absolute Gasteiger partial charge is 0.504 e. The van der Waals surface area contributed by atoms with Crippen LogP contribution in [0, 0.1) is 0 Å². The molecule has 0 saturated heterocycles. The summed E-state index contributed by atoms with van der Waals surface area (Å²) in [5.41, 5.74) is 3.97. The Kier molecular flexibility index (Phi) is 7.06. The van der Waals surface area contributed by atoms with Crippen molar-refractivity contribution < 1.29 is 29.6 Å². The summed E-state index contributed by atoms with van der Waals surface area (Å²) in [6, 6.07) is 16.5. The number of carboxylic acid groups (broad SMARTS) is 1. The molecule has 0 saturated carbocycles. The first kappa shape index (κ1) is 24.2. The fraction of sp³-hybridized carbons (Fsp3) is 0.0714. The van der Waals surface area contributed by atoms with Gasteiger partial charge in [0.2, 0.25) is 0 Å². The van der Waals surface area contributed by atoms with Gasteiger partial charge in [0.1, 0.15) is 0 Å². The lowest BCUT2D eigenvalue weighted by molar-refractivity contribution is 0.0697. The number of aromatic hydroxyl groups is 2. The van der Waals surface area contributed by atoms with Crippen molar-refractivity contribution in [1.82, 2.24) is 9.78 Å². The minimum Gasteiger partial charge on any atom is -0.504 e. The van der Waals surface area contributed by atoms with Crippen LogP contribution in [-0.4, -0.2) is 45.3 Å². The average Bonchev–Trinajstić information content (AvgIpc) is 3.30. The van der Waals surface area contributed by atoms with Crippen molar-refractivity contribution in [1.29, 1.82) is 0 Å². The smallest absolute Gasteiger partial charge is 0.335 e. The first-order valence-electron chi connectivity index (χ1n) is 10.9. The van der Waals surface area contributed by atoms with Gasteiger partial charge in [-0.15, -0.1) is 0 Å². The molecule has 1 heterocycles. The van der Waals surface area contributed by atoms with Crippen LogP contribution >= 0.6 is 0 Å². The van der Waals surface area contributed by atoms with Crippen LogP contribution < -0.4 is 9.47 Å². The molecule has 3 aromatic carbocycles. The molecule has 0 radical (unpaired) electrons. The summed E-state index contributed by atoms with van der Waals surface area (Å²) >= 11 is 0. The highest BCUT2D eigenvalue weighted by molar-refractivity contribution is 5.87.